The van der Waals surface area contributed by atoms with Gasteiger partial charge in [0.15, 0.2) is 5.65 Å². The molecular formula is C15H16N4. The first-order valence-electron chi connectivity index (χ1n) is 6.39. The molecule has 0 aliphatic carbocycles. The Bertz CT molecular complexity index is 715. The molecule has 0 fully saturated rings. The zero-order chi connectivity index (χ0) is 13.2. The Morgan fingerprint density at radius 1 is 1.16 bits per heavy atom. The summed E-state index contributed by atoms with van der Waals surface area (Å²) in [6.45, 7) is 2.69. The van der Waals surface area contributed by atoms with E-state index in [1.807, 2.05) is 35.0 Å². The van der Waals surface area contributed by atoms with Crippen molar-refractivity contribution in [2.24, 2.45) is 5.73 Å². The van der Waals surface area contributed by atoms with Gasteiger partial charge in [-0.15, -0.1) is 0 Å². The van der Waals surface area contributed by atoms with Crippen LogP contribution < -0.4 is 5.73 Å². The molecule has 4 nitrogen and oxygen atoms in total. The number of aromatic nitrogens is 3. The molecule has 96 valence electrons. The number of nitrogens with two attached hydrogens (primary N) is 1. The smallest absolute Gasteiger partial charge is 0.153 e. The predicted molar refractivity (Wildman–Crippen MR) is 75.9 cm³/mol. The second-order valence-electron chi connectivity index (χ2n) is 4.59. The van der Waals surface area contributed by atoms with E-state index in [0.717, 1.165) is 29.0 Å². The zero-order valence-corrected chi connectivity index (χ0v) is 10.9. The fourth-order valence-electron chi connectivity index (χ4n) is 2.24. The topological polar surface area (TPSA) is 56.2 Å². The van der Waals surface area contributed by atoms with Gasteiger partial charge in [0, 0.05) is 12.0 Å². The van der Waals surface area contributed by atoms with Crippen LogP contribution in [0.1, 0.15) is 11.3 Å². The molecule has 0 saturated carbocycles. The molecule has 0 aliphatic heterocycles. The van der Waals surface area contributed by atoms with Crippen LogP contribution in [0.4, 0.5) is 0 Å². The van der Waals surface area contributed by atoms with E-state index in [-0.39, 0.29) is 0 Å². The first-order valence-corrected chi connectivity index (χ1v) is 6.39. The summed E-state index contributed by atoms with van der Waals surface area (Å²) < 4.78 is 1.88. The average molecular weight is 252 g/mol. The molecule has 0 saturated heterocycles. The second kappa shape index (κ2) is 4.82. The SMILES string of the molecule is Cc1ccccc1-c1ccc2ncc(CCN)n2n1. The lowest BCUT2D eigenvalue weighted by atomic mass is 10.1. The molecule has 3 aromatic rings. The van der Waals surface area contributed by atoms with Gasteiger partial charge in [0.1, 0.15) is 0 Å². The first-order chi connectivity index (χ1) is 9.29. The Morgan fingerprint density at radius 2 is 2.00 bits per heavy atom. The van der Waals surface area contributed by atoms with E-state index in [4.69, 9.17) is 5.73 Å². The van der Waals surface area contributed by atoms with E-state index in [0.29, 0.717) is 6.54 Å². The van der Waals surface area contributed by atoms with E-state index < -0.39 is 0 Å². The van der Waals surface area contributed by atoms with Gasteiger partial charge in [-0.3, -0.25) is 0 Å². The zero-order valence-electron chi connectivity index (χ0n) is 10.9. The standard InChI is InChI=1S/C15H16N4/c1-11-4-2-3-5-13(11)14-6-7-15-17-10-12(8-9-16)19(15)18-14/h2-7,10H,8-9,16H2,1H3. The number of hydrogen-bond donors (Lipinski definition) is 1. The van der Waals surface area contributed by atoms with Gasteiger partial charge in [-0.25, -0.2) is 9.50 Å². The first kappa shape index (κ1) is 11.9. The van der Waals surface area contributed by atoms with Crippen molar-refractivity contribution >= 4 is 5.65 Å². The van der Waals surface area contributed by atoms with Gasteiger partial charge in [-0.2, -0.15) is 5.10 Å². The van der Waals surface area contributed by atoms with Crippen LogP contribution in [0.15, 0.2) is 42.6 Å². The van der Waals surface area contributed by atoms with Crippen molar-refractivity contribution in [2.75, 3.05) is 6.54 Å². The molecule has 0 radical (unpaired) electrons. The molecule has 2 heterocycles. The minimum Gasteiger partial charge on any atom is -0.330 e. The van der Waals surface area contributed by atoms with Gasteiger partial charge in [0.2, 0.25) is 0 Å². The molecule has 0 unspecified atom stereocenters. The molecule has 2 aromatic heterocycles. The van der Waals surface area contributed by atoms with Crippen molar-refractivity contribution in [3.8, 4) is 11.3 Å². The van der Waals surface area contributed by atoms with Gasteiger partial charge >= 0.3 is 0 Å². The third kappa shape index (κ3) is 2.11. The van der Waals surface area contributed by atoms with Crippen molar-refractivity contribution in [1.82, 2.24) is 14.6 Å². The number of imidazole rings is 1. The van der Waals surface area contributed by atoms with Gasteiger partial charge < -0.3 is 5.73 Å². The van der Waals surface area contributed by atoms with Crippen LogP contribution in [-0.2, 0) is 6.42 Å². The molecule has 0 spiro atoms. The summed E-state index contributed by atoms with van der Waals surface area (Å²) in [7, 11) is 0. The van der Waals surface area contributed by atoms with Crippen molar-refractivity contribution < 1.29 is 0 Å². The number of benzene rings is 1. The van der Waals surface area contributed by atoms with Crippen LogP contribution in [0.2, 0.25) is 0 Å². The van der Waals surface area contributed by atoms with E-state index in [9.17, 15) is 0 Å². The average Bonchev–Trinajstić information content (AvgIpc) is 2.82. The predicted octanol–water partition coefficient (Wildman–Crippen LogP) is 2.21. The third-order valence-electron chi connectivity index (χ3n) is 3.25. The van der Waals surface area contributed by atoms with Crippen molar-refractivity contribution in [2.45, 2.75) is 13.3 Å². The molecular weight excluding hydrogens is 236 g/mol. The van der Waals surface area contributed by atoms with Crippen LogP contribution in [0.25, 0.3) is 16.9 Å². The maximum absolute atomic E-state index is 5.62. The molecule has 0 atom stereocenters. The molecule has 4 heteroatoms. The van der Waals surface area contributed by atoms with Crippen LogP contribution in [0.3, 0.4) is 0 Å². The highest BCUT2D eigenvalue weighted by Gasteiger charge is 2.07. The number of fused-ring (bicyclic) bond motifs is 1. The molecule has 1 aromatic carbocycles. The number of nitrogens with zero attached hydrogens (tertiary/aromatic N) is 3. The third-order valence-corrected chi connectivity index (χ3v) is 3.25. The minimum absolute atomic E-state index is 0.601. The van der Waals surface area contributed by atoms with Crippen molar-refractivity contribution in [3.05, 3.63) is 53.9 Å². The Morgan fingerprint density at radius 3 is 2.79 bits per heavy atom. The quantitative estimate of drug-likeness (QED) is 0.777. The Labute approximate surface area is 111 Å². The Kier molecular flexibility index (Phi) is 3.01. The maximum Gasteiger partial charge on any atom is 0.153 e. The molecule has 0 bridgehead atoms. The summed E-state index contributed by atoms with van der Waals surface area (Å²) in [6, 6.07) is 12.3. The van der Waals surface area contributed by atoms with Gasteiger partial charge in [-0.05, 0) is 31.2 Å². The highest BCUT2D eigenvalue weighted by atomic mass is 15.3. The minimum atomic E-state index is 0.601. The maximum atomic E-state index is 5.62. The largest absolute Gasteiger partial charge is 0.330 e. The molecule has 3 rings (SSSR count). The highest BCUT2D eigenvalue weighted by Crippen LogP contribution is 2.21. The van der Waals surface area contributed by atoms with E-state index in [1.165, 1.54) is 5.56 Å². The monoisotopic (exact) mass is 252 g/mol. The number of rotatable bonds is 3. The lowest BCUT2D eigenvalue weighted by molar-refractivity contribution is 0.829. The summed E-state index contributed by atoms with van der Waals surface area (Å²) in [6.07, 6.45) is 2.63. The van der Waals surface area contributed by atoms with Crippen LogP contribution >= 0.6 is 0 Å². The number of hydrogen-bond acceptors (Lipinski definition) is 3. The summed E-state index contributed by atoms with van der Waals surface area (Å²) in [4.78, 5) is 4.34. The normalized spacial score (nSPS) is 11.1. The molecule has 19 heavy (non-hydrogen) atoms. The van der Waals surface area contributed by atoms with Gasteiger partial charge in [0.05, 0.1) is 17.6 Å². The van der Waals surface area contributed by atoms with E-state index >= 15 is 0 Å². The van der Waals surface area contributed by atoms with E-state index in [2.05, 4.69) is 29.1 Å². The van der Waals surface area contributed by atoms with Crippen LogP contribution in [0, 0.1) is 6.92 Å². The second-order valence-corrected chi connectivity index (χ2v) is 4.59. The van der Waals surface area contributed by atoms with Crippen molar-refractivity contribution in [3.63, 3.8) is 0 Å². The lowest BCUT2D eigenvalue weighted by Crippen LogP contribution is -2.07. The van der Waals surface area contributed by atoms with Crippen LogP contribution in [-0.4, -0.2) is 21.1 Å². The summed E-state index contributed by atoms with van der Waals surface area (Å²) >= 11 is 0. The van der Waals surface area contributed by atoms with Crippen molar-refractivity contribution in [1.29, 1.82) is 0 Å². The Hall–Kier alpha value is -2.20. The van der Waals surface area contributed by atoms with Gasteiger partial charge in [0.25, 0.3) is 0 Å². The number of aryl methyl sites for hydroxylation is 1. The fourth-order valence-corrected chi connectivity index (χ4v) is 2.24. The summed E-state index contributed by atoms with van der Waals surface area (Å²) in [5, 5.41) is 4.68. The molecule has 2 N–H and O–H groups in total. The molecule has 0 aliphatic rings. The summed E-state index contributed by atoms with van der Waals surface area (Å²) in [5.41, 5.74) is 10.9. The van der Waals surface area contributed by atoms with Crippen LogP contribution in [0.5, 0.6) is 0 Å². The van der Waals surface area contributed by atoms with E-state index in [1.54, 1.807) is 0 Å². The van der Waals surface area contributed by atoms with Gasteiger partial charge in [-0.1, -0.05) is 24.3 Å². The molecule has 0 amide bonds. The Balaban J connectivity index is 2.15. The highest BCUT2D eigenvalue weighted by molar-refractivity contribution is 5.64. The fraction of sp³-hybridized carbons (Fsp3) is 0.200. The lowest BCUT2D eigenvalue weighted by Gasteiger charge is -2.06. The summed E-state index contributed by atoms with van der Waals surface area (Å²) in [5.74, 6) is 0.